The first-order chi connectivity index (χ1) is 6.70. The largest absolute Gasteiger partial charge is 0.459 e. The number of anilines is 1. The van der Waals surface area contributed by atoms with Crippen molar-refractivity contribution in [1.82, 2.24) is 0 Å². The van der Waals surface area contributed by atoms with Crippen molar-refractivity contribution in [2.45, 2.75) is 19.4 Å². The molecule has 0 amide bonds. The molecule has 0 spiro atoms. The zero-order valence-electron chi connectivity index (χ0n) is 8.16. The van der Waals surface area contributed by atoms with Crippen LogP contribution in [-0.4, -0.2) is 0 Å². The van der Waals surface area contributed by atoms with E-state index in [1.807, 2.05) is 31.2 Å². The molecule has 1 aromatic carbocycles. The molecule has 0 aliphatic heterocycles. The van der Waals surface area contributed by atoms with Gasteiger partial charge in [0.05, 0.1) is 6.04 Å². The lowest BCUT2D eigenvalue weighted by atomic mass is 10.1. The standard InChI is InChI=1S/C11H14N2O/c1-2-9(13)11-6-7-5-8(12)3-4-10(7)14-11/h3-6,9H,2,12-13H2,1H3/t9-/m0/s1. The Kier molecular flexibility index (Phi) is 2.17. The first-order valence-corrected chi connectivity index (χ1v) is 4.75. The van der Waals surface area contributed by atoms with Crippen molar-refractivity contribution in [1.29, 1.82) is 0 Å². The summed E-state index contributed by atoms with van der Waals surface area (Å²) in [6.07, 6.45) is 0.870. The van der Waals surface area contributed by atoms with Crippen molar-refractivity contribution < 1.29 is 4.42 Å². The molecule has 3 heteroatoms. The van der Waals surface area contributed by atoms with Gasteiger partial charge in [-0.2, -0.15) is 0 Å². The Morgan fingerprint density at radius 1 is 1.36 bits per heavy atom. The lowest BCUT2D eigenvalue weighted by molar-refractivity contribution is 0.488. The molecule has 1 atom stereocenters. The molecule has 0 saturated carbocycles. The number of hydrogen-bond donors (Lipinski definition) is 2. The Labute approximate surface area is 82.7 Å². The highest BCUT2D eigenvalue weighted by molar-refractivity contribution is 5.81. The van der Waals surface area contributed by atoms with Crippen LogP contribution in [0.4, 0.5) is 5.69 Å². The van der Waals surface area contributed by atoms with Crippen LogP contribution in [0.2, 0.25) is 0 Å². The lowest BCUT2D eigenvalue weighted by Crippen LogP contribution is -2.06. The van der Waals surface area contributed by atoms with Gasteiger partial charge >= 0.3 is 0 Å². The molecule has 4 N–H and O–H groups in total. The van der Waals surface area contributed by atoms with Gasteiger partial charge in [-0.05, 0) is 30.7 Å². The monoisotopic (exact) mass is 190 g/mol. The summed E-state index contributed by atoms with van der Waals surface area (Å²) in [4.78, 5) is 0. The van der Waals surface area contributed by atoms with Crippen LogP contribution in [0.25, 0.3) is 11.0 Å². The summed E-state index contributed by atoms with van der Waals surface area (Å²) < 4.78 is 5.60. The summed E-state index contributed by atoms with van der Waals surface area (Å²) in [7, 11) is 0. The van der Waals surface area contributed by atoms with Crippen LogP contribution in [-0.2, 0) is 0 Å². The van der Waals surface area contributed by atoms with Gasteiger partial charge in [-0.1, -0.05) is 6.92 Å². The number of fused-ring (bicyclic) bond motifs is 1. The van der Waals surface area contributed by atoms with E-state index in [1.165, 1.54) is 0 Å². The second-order valence-electron chi connectivity index (χ2n) is 3.46. The molecule has 0 unspecified atom stereocenters. The highest BCUT2D eigenvalue weighted by atomic mass is 16.3. The van der Waals surface area contributed by atoms with E-state index in [1.54, 1.807) is 0 Å². The van der Waals surface area contributed by atoms with Crippen molar-refractivity contribution in [3.05, 3.63) is 30.0 Å². The fourth-order valence-electron chi connectivity index (χ4n) is 1.47. The fourth-order valence-corrected chi connectivity index (χ4v) is 1.47. The summed E-state index contributed by atoms with van der Waals surface area (Å²) in [5, 5.41) is 1.02. The van der Waals surface area contributed by atoms with E-state index >= 15 is 0 Å². The van der Waals surface area contributed by atoms with Crippen LogP contribution in [0.5, 0.6) is 0 Å². The molecule has 0 bridgehead atoms. The highest BCUT2D eigenvalue weighted by Crippen LogP contribution is 2.25. The number of benzene rings is 1. The van der Waals surface area contributed by atoms with E-state index in [9.17, 15) is 0 Å². The topological polar surface area (TPSA) is 65.2 Å². The fraction of sp³-hybridized carbons (Fsp3) is 0.273. The van der Waals surface area contributed by atoms with Gasteiger partial charge in [0.25, 0.3) is 0 Å². The second kappa shape index (κ2) is 3.35. The lowest BCUT2D eigenvalue weighted by Gasteiger charge is -2.02. The molecule has 14 heavy (non-hydrogen) atoms. The van der Waals surface area contributed by atoms with E-state index in [2.05, 4.69) is 0 Å². The van der Waals surface area contributed by atoms with Crippen LogP contribution < -0.4 is 11.5 Å². The van der Waals surface area contributed by atoms with Gasteiger partial charge in [0.15, 0.2) is 0 Å². The third kappa shape index (κ3) is 1.46. The zero-order chi connectivity index (χ0) is 10.1. The average molecular weight is 190 g/mol. The molecule has 2 aromatic rings. The van der Waals surface area contributed by atoms with Crippen molar-refractivity contribution in [2.75, 3.05) is 5.73 Å². The molecule has 3 nitrogen and oxygen atoms in total. The molecule has 1 heterocycles. The summed E-state index contributed by atoms with van der Waals surface area (Å²) in [6, 6.07) is 7.53. The van der Waals surface area contributed by atoms with E-state index in [0.717, 1.165) is 28.8 Å². The molecule has 0 fully saturated rings. The van der Waals surface area contributed by atoms with Crippen molar-refractivity contribution >= 4 is 16.7 Å². The third-order valence-electron chi connectivity index (χ3n) is 2.36. The Morgan fingerprint density at radius 3 is 2.86 bits per heavy atom. The third-order valence-corrected chi connectivity index (χ3v) is 2.36. The minimum absolute atomic E-state index is 0.0244. The number of hydrogen-bond acceptors (Lipinski definition) is 3. The van der Waals surface area contributed by atoms with Gasteiger partial charge < -0.3 is 15.9 Å². The maximum absolute atomic E-state index is 5.87. The summed E-state index contributed by atoms with van der Waals surface area (Å²) in [5.74, 6) is 0.827. The maximum atomic E-state index is 5.87. The van der Waals surface area contributed by atoms with E-state index in [4.69, 9.17) is 15.9 Å². The Balaban J connectivity index is 2.51. The molecular formula is C11H14N2O. The van der Waals surface area contributed by atoms with Gasteiger partial charge in [-0.25, -0.2) is 0 Å². The van der Waals surface area contributed by atoms with Crippen LogP contribution in [0.15, 0.2) is 28.7 Å². The van der Waals surface area contributed by atoms with Crippen molar-refractivity contribution in [2.24, 2.45) is 5.73 Å². The normalized spacial score (nSPS) is 13.3. The number of nitrogens with two attached hydrogens (primary N) is 2. The van der Waals surface area contributed by atoms with E-state index in [0.29, 0.717) is 0 Å². The maximum Gasteiger partial charge on any atom is 0.134 e. The van der Waals surface area contributed by atoms with Gasteiger partial charge in [-0.3, -0.25) is 0 Å². The Bertz CT molecular complexity index is 447. The zero-order valence-corrected chi connectivity index (χ0v) is 8.16. The first kappa shape index (κ1) is 9.09. The van der Waals surface area contributed by atoms with E-state index < -0.39 is 0 Å². The average Bonchev–Trinajstić information content (AvgIpc) is 2.59. The summed E-state index contributed by atoms with van der Waals surface area (Å²) in [5.41, 5.74) is 13.1. The second-order valence-corrected chi connectivity index (χ2v) is 3.46. The predicted molar refractivity (Wildman–Crippen MR) is 57.8 cm³/mol. The minimum Gasteiger partial charge on any atom is -0.459 e. The molecule has 0 aliphatic carbocycles. The molecule has 74 valence electrons. The van der Waals surface area contributed by atoms with Crippen LogP contribution >= 0.6 is 0 Å². The number of furan rings is 1. The Morgan fingerprint density at radius 2 is 2.14 bits per heavy atom. The summed E-state index contributed by atoms with van der Waals surface area (Å²) in [6.45, 7) is 2.03. The smallest absolute Gasteiger partial charge is 0.134 e. The molecule has 0 saturated heterocycles. The van der Waals surface area contributed by atoms with Gasteiger partial charge in [0, 0.05) is 11.1 Å². The van der Waals surface area contributed by atoms with Crippen molar-refractivity contribution in [3.63, 3.8) is 0 Å². The van der Waals surface area contributed by atoms with Crippen molar-refractivity contribution in [3.8, 4) is 0 Å². The molecular weight excluding hydrogens is 176 g/mol. The summed E-state index contributed by atoms with van der Waals surface area (Å²) >= 11 is 0. The predicted octanol–water partition coefficient (Wildman–Crippen LogP) is 2.42. The SMILES string of the molecule is CC[C@H](N)c1cc2cc(N)ccc2o1. The molecule has 2 rings (SSSR count). The highest BCUT2D eigenvalue weighted by Gasteiger charge is 2.09. The molecule has 0 radical (unpaired) electrons. The quantitative estimate of drug-likeness (QED) is 0.715. The molecule has 1 aromatic heterocycles. The Hall–Kier alpha value is -1.48. The van der Waals surface area contributed by atoms with Gasteiger partial charge in [-0.15, -0.1) is 0 Å². The first-order valence-electron chi connectivity index (χ1n) is 4.75. The van der Waals surface area contributed by atoms with Crippen LogP contribution in [0, 0.1) is 0 Å². The van der Waals surface area contributed by atoms with Crippen LogP contribution in [0.3, 0.4) is 0 Å². The minimum atomic E-state index is -0.0244. The van der Waals surface area contributed by atoms with Gasteiger partial charge in [0.2, 0.25) is 0 Å². The number of nitrogen functional groups attached to an aromatic ring is 1. The van der Waals surface area contributed by atoms with E-state index in [-0.39, 0.29) is 6.04 Å². The van der Waals surface area contributed by atoms with Crippen LogP contribution in [0.1, 0.15) is 25.1 Å². The number of rotatable bonds is 2. The molecule has 0 aliphatic rings. The van der Waals surface area contributed by atoms with Gasteiger partial charge in [0.1, 0.15) is 11.3 Å².